The molecule has 3 rings (SSSR count). The SMILES string of the molecule is CCNC(=NCc1ccnc(OCC2CC2)c1)N(C)Cc1ncnn1C. The normalized spacial score (nSPS) is 14.3. The van der Waals surface area contributed by atoms with Crippen molar-refractivity contribution in [2.75, 3.05) is 20.2 Å². The minimum atomic E-state index is 0.563. The first-order valence-electron chi connectivity index (χ1n) is 9.05. The van der Waals surface area contributed by atoms with E-state index in [-0.39, 0.29) is 0 Å². The molecule has 8 heteroatoms. The molecule has 1 aliphatic carbocycles. The van der Waals surface area contributed by atoms with Gasteiger partial charge in [-0.05, 0) is 37.3 Å². The molecule has 1 fully saturated rings. The highest BCUT2D eigenvalue weighted by molar-refractivity contribution is 5.79. The third-order valence-corrected chi connectivity index (χ3v) is 4.25. The number of rotatable bonds is 8. The van der Waals surface area contributed by atoms with Crippen LogP contribution in [0.2, 0.25) is 0 Å². The number of hydrogen-bond donors (Lipinski definition) is 1. The molecule has 0 spiro atoms. The third kappa shape index (κ3) is 5.18. The fourth-order valence-corrected chi connectivity index (χ4v) is 2.50. The van der Waals surface area contributed by atoms with Crippen molar-refractivity contribution in [1.82, 2.24) is 30.0 Å². The van der Waals surface area contributed by atoms with Gasteiger partial charge in [-0.15, -0.1) is 0 Å². The minimum absolute atomic E-state index is 0.563. The van der Waals surface area contributed by atoms with Gasteiger partial charge in [0.25, 0.3) is 0 Å². The van der Waals surface area contributed by atoms with Gasteiger partial charge in [-0.2, -0.15) is 5.10 Å². The zero-order valence-corrected chi connectivity index (χ0v) is 15.7. The van der Waals surface area contributed by atoms with E-state index in [1.54, 1.807) is 17.2 Å². The molecule has 2 aromatic heterocycles. The molecule has 2 aromatic rings. The maximum absolute atomic E-state index is 5.75. The summed E-state index contributed by atoms with van der Waals surface area (Å²) in [5.74, 6) is 3.11. The second-order valence-electron chi connectivity index (χ2n) is 6.58. The van der Waals surface area contributed by atoms with Crippen molar-refractivity contribution in [2.45, 2.75) is 32.9 Å². The summed E-state index contributed by atoms with van der Waals surface area (Å²) in [5.41, 5.74) is 1.08. The molecule has 8 nitrogen and oxygen atoms in total. The van der Waals surface area contributed by atoms with Crippen LogP contribution in [0.4, 0.5) is 0 Å². The average Bonchev–Trinajstić information content (AvgIpc) is 3.39. The van der Waals surface area contributed by atoms with E-state index in [4.69, 9.17) is 9.73 Å². The number of ether oxygens (including phenoxy) is 1. The van der Waals surface area contributed by atoms with Gasteiger partial charge in [0.2, 0.25) is 5.88 Å². The lowest BCUT2D eigenvalue weighted by molar-refractivity contribution is 0.288. The first kappa shape index (κ1) is 18.2. The lowest BCUT2D eigenvalue weighted by Gasteiger charge is -2.21. The van der Waals surface area contributed by atoms with Gasteiger partial charge in [0.1, 0.15) is 12.2 Å². The molecule has 0 bridgehead atoms. The fraction of sp³-hybridized carbons (Fsp3) is 0.556. The lowest BCUT2D eigenvalue weighted by atomic mass is 10.3. The molecule has 0 unspecified atom stereocenters. The highest BCUT2D eigenvalue weighted by Gasteiger charge is 2.22. The summed E-state index contributed by atoms with van der Waals surface area (Å²) in [6.45, 7) is 4.82. The van der Waals surface area contributed by atoms with Crippen molar-refractivity contribution < 1.29 is 4.74 Å². The standard InChI is InChI=1S/C18H27N7O/c1-4-19-18(24(2)11-16-22-13-23-25(16)3)21-10-15-7-8-20-17(9-15)26-12-14-5-6-14/h7-9,13-14H,4-6,10-12H2,1-3H3,(H,19,21). The average molecular weight is 357 g/mol. The molecule has 0 radical (unpaired) electrons. The molecular formula is C18H27N7O. The number of guanidine groups is 1. The van der Waals surface area contributed by atoms with E-state index in [2.05, 4.69) is 27.3 Å². The van der Waals surface area contributed by atoms with Crippen LogP contribution in [0, 0.1) is 5.92 Å². The highest BCUT2D eigenvalue weighted by atomic mass is 16.5. The third-order valence-electron chi connectivity index (χ3n) is 4.25. The summed E-state index contributed by atoms with van der Waals surface area (Å²) >= 11 is 0. The van der Waals surface area contributed by atoms with Crippen molar-refractivity contribution in [2.24, 2.45) is 18.0 Å². The zero-order chi connectivity index (χ0) is 18.4. The molecule has 0 amide bonds. The van der Waals surface area contributed by atoms with E-state index in [1.807, 2.05) is 31.1 Å². The van der Waals surface area contributed by atoms with Crippen LogP contribution in [0.1, 0.15) is 31.2 Å². The Labute approximate surface area is 154 Å². The summed E-state index contributed by atoms with van der Waals surface area (Å²) in [6, 6.07) is 3.94. The summed E-state index contributed by atoms with van der Waals surface area (Å²) < 4.78 is 7.52. The smallest absolute Gasteiger partial charge is 0.213 e. The van der Waals surface area contributed by atoms with E-state index >= 15 is 0 Å². The number of pyridine rings is 1. The Hall–Kier alpha value is -2.64. The molecule has 26 heavy (non-hydrogen) atoms. The summed E-state index contributed by atoms with van der Waals surface area (Å²) in [6.07, 6.45) is 5.89. The van der Waals surface area contributed by atoms with E-state index in [9.17, 15) is 0 Å². The van der Waals surface area contributed by atoms with Crippen LogP contribution in [0.25, 0.3) is 0 Å². The maximum Gasteiger partial charge on any atom is 0.213 e. The van der Waals surface area contributed by atoms with Crippen molar-refractivity contribution in [3.05, 3.63) is 36.0 Å². The Morgan fingerprint density at radius 3 is 2.96 bits per heavy atom. The van der Waals surface area contributed by atoms with Gasteiger partial charge in [-0.3, -0.25) is 4.68 Å². The van der Waals surface area contributed by atoms with Crippen LogP contribution >= 0.6 is 0 Å². The summed E-state index contributed by atoms with van der Waals surface area (Å²) in [4.78, 5) is 15.3. The Morgan fingerprint density at radius 1 is 1.42 bits per heavy atom. The molecule has 0 aliphatic heterocycles. The van der Waals surface area contributed by atoms with Crippen molar-refractivity contribution >= 4 is 5.96 Å². The number of aromatic nitrogens is 4. The van der Waals surface area contributed by atoms with Gasteiger partial charge in [0.15, 0.2) is 5.96 Å². The van der Waals surface area contributed by atoms with Crippen molar-refractivity contribution in [1.29, 1.82) is 0 Å². The van der Waals surface area contributed by atoms with Crippen molar-refractivity contribution in [3.8, 4) is 5.88 Å². The minimum Gasteiger partial charge on any atom is -0.477 e. The van der Waals surface area contributed by atoms with E-state index in [0.29, 0.717) is 24.9 Å². The summed E-state index contributed by atoms with van der Waals surface area (Å²) in [5, 5.41) is 7.43. The molecule has 0 aromatic carbocycles. The van der Waals surface area contributed by atoms with Gasteiger partial charge < -0.3 is 15.0 Å². The highest BCUT2D eigenvalue weighted by Crippen LogP contribution is 2.29. The topological polar surface area (TPSA) is 80.5 Å². The van der Waals surface area contributed by atoms with Crippen molar-refractivity contribution in [3.63, 3.8) is 0 Å². The predicted octanol–water partition coefficient (Wildman–Crippen LogP) is 1.60. The van der Waals surface area contributed by atoms with E-state index in [0.717, 1.165) is 30.5 Å². The molecule has 1 aliphatic rings. The lowest BCUT2D eigenvalue weighted by Crippen LogP contribution is -2.39. The molecule has 140 valence electrons. The van der Waals surface area contributed by atoms with Crippen LogP contribution in [0.15, 0.2) is 29.6 Å². The number of aryl methyl sites for hydroxylation is 1. The second kappa shape index (κ2) is 8.64. The molecule has 0 saturated heterocycles. The van der Waals surface area contributed by atoms with Gasteiger partial charge in [0, 0.05) is 32.9 Å². The first-order chi connectivity index (χ1) is 12.7. The van der Waals surface area contributed by atoms with Crippen LogP contribution in [-0.4, -0.2) is 50.8 Å². The molecule has 0 atom stereocenters. The first-order valence-corrected chi connectivity index (χ1v) is 9.05. The fourth-order valence-electron chi connectivity index (χ4n) is 2.50. The van der Waals surface area contributed by atoms with E-state index < -0.39 is 0 Å². The molecule has 1 saturated carbocycles. The zero-order valence-electron chi connectivity index (χ0n) is 15.7. The van der Waals surface area contributed by atoms with Crippen LogP contribution in [0.5, 0.6) is 5.88 Å². The molecule has 2 heterocycles. The van der Waals surface area contributed by atoms with Gasteiger partial charge in [0.05, 0.1) is 19.7 Å². The van der Waals surface area contributed by atoms with E-state index in [1.165, 1.54) is 12.8 Å². The Morgan fingerprint density at radius 2 is 2.27 bits per heavy atom. The number of aliphatic imine (C=N–C) groups is 1. The van der Waals surface area contributed by atoms with Crippen LogP contribution < -0.4 is 10.1 Å². The van der Waals surface area contributed by atoms with Gasteiger partial charge in [-0.1, -0.05) is 0 Å². The Bertz CT molecular complexity index is 739. The van der Waals surface area contributed by atoms with Gasteiger partial charge in [-0.25, -0.2) is 15.0 Å². The summed E-state index contributed by atoms with van der Waals surface area (Å²) in [7, 11) is 3.88. The van der Waals surface area contributed by atoms with Crippen LogP contribution in [0.3, 0.4) is 0 Å². The quantitative estimate of drug-likeness (QED) is 0.571. The Balaban J connectivity index is 1.62. The maximum atomic E-state index is 5.75. The number of nitrogens with zero attached hydrogens (tertiary/aromatic N) is 6. The number of hydrogen-bond acceptors (Lipinski definition) is 5. The van der Waals surface area contributed by atoms with Crippen LogP contribution in [-0.2, 0) is 20.1 Å². The molecule has 1 N–H and O–H groups in total. The second-order valence-corrected chi connectivity index (χ2v) is 6.58. The number of nitrogens with one attached hydrogen (secondary N) is 1. The Kier molecular flexibility index (Phi) is 6.04. The monoisotopic (exact) mass is 357 g/mol. The molecular weight excluding hydrogens is 330 g/mol. The largest absolute Gasteiger partial charge is 0.477 e. The predicted molar refractivity (Wildman–Crippen MR) is 99.7 cm³/mol. The van der Waals surface area contributed by atoms with Gasteiger partial charge >= 0.3 is 0 Å².